The average Bonchev–Trinajstić information content (AvgIpc) is 3.51. The maximum Gasteiger partial charge on any atom is 0.343 e. The van der Waals surface area contributed by atoms with Gasteiger partial charge in [-0.15, -0.1) is 0 Å². The van der Waals surface area contributed by atoms with Crippen LogP contribution in [-0.4, -0.2) is 57.2 Å². The molecule has 1 aliphatic heterocycles. The Labute approximate surface area is 236 Å². The molecule has 0 N–H and O–H groups in total. The number of esters is 2. The number of imide groups is 1. The fraction of sp³-hybridized carbons (Fsp3) is 0.393. The topological polar surface area (TPSA) is 107 Å². The van der Waals surface area contributed by atoms with E-state index < -0.39 is 24.3 Å². The van der Waals surface area contributed by atoms with Gasteiger partial charge in [-0.25, -0.2) is 4.79 Å². The molecule has 0 spiro atoms. The molecule has 2 amide bonds. The lowest BCUT2D eigenvalue weighted by molar-refractivity contribution is -0.145. The van der Waals surface area contributed by atoms with Crippen LogP contribution in [0.15, 0.2) is 48.5 Å². The largest absolute Gasteiger partial charge is 0.457 e. The van der Waals surface area contributed by atoms with Gasteiger partial charge in [0.2, 0.25) is 11.8 Å². The summed E-state index contributed by atoms with van der Waals surface area (Å²) in [5.41, 5.74) is 1.73. The molecule has 3 aliphatic rings. The minimum atomic E-state index is -0.667. The van der Waals surface area contributed by atoms with Crippen LogP contribution >= 0.6 is 31.9 Å². The van der Waals surface area contributed by atoms with Gasteiger partial charge >= 0.3 is 11.9 Å². The first-order valence-corrected chi connectivity index (χ1v) is 14.2. The van der Waals surface area contributed by atoms with Gasteiger partial charge in [0.15, 0.2) is 12.4 Å². The molecule has 2 aliphatic carbocycles. The van der Waals surface area contributed by atoms with Crippen molar-refractivity contribution in [1.82, 2.24) is 4.90 Å². The second-order valence-electron chi connectivity index (χ2n) is 9.95. The Morgan fingerprint density at radius 1 is 0.868 bits per heavy atom. The molecule has 198 valence electrons. The monoisotopic (exact) mass is 645 g/mol. The highest BCUT2D eigenvalue weighted by Gasteiger charge is 2.66. The van der Waals surface area contributed by atoms with Crippen LogP contribution in [0, 0.1) is 30.6 Å². The van der Waals surface area contributed by atoms with Crippen molar-refractivity contribution >= 4 is 61.4 Å². The number of nitrogens with zero attached hydrogens (tertiary/aromatic N) is 1. The zero-order valence-corrected chi connectivity index (χ0v) is 23.6. The van der Waals surface area contributed by atoms with E-state index in [0.717, 1.165) is 12.0 Å². The van der Waals surface area contributed by atoms with Gasteiger partial charge in [0.1, 0.15) is 5.75 Å². The number of carbonyl (C=O) groups is 5. The highest BCUT2D eigenvalue weighted by atomic mass is 79.9. The van der Waals surface area contributed by atoms with Crippen LogP contribution in [-0.2, 0) is 19.1 Å². The number of carbonyl (C=O) groups excluding carboxylic acids is 5. The van der Waals surface area contributed by atoms with Crippen LogP contribution in [0.4, 0.5) is 0 Å². The van der Waals surface area contributed by atoms with Gasteiger partial charge in [0.05, 0.1) is 23.8 Å². The zero-order valence-electron chi connectivity index (χ0n) is 20.5. The Balaban J connectivity index is 1.08. The first-order valence-electron chi connectivity index (χ1n) is 12.4. The van der Waals surface area contributed by atoms with Crippen LogP contribution in [0.1, 0.15) is 39.1 Å². The Morgan fingerprint density at radius 3 is 2.00 bits per heavy atom. The zero-order chi connectivity index (χ0) is 27.1. The van der Waals surface area contributed by atoms with Crippen molar-refractivity contribution in [3.05, 3.63) is 65.2 Å². The molecule has 0 radical (unpaired) electrons. The number of hydrogen-bond acceptors (Lipinski definition) is 7. The molecule has 6 unspecified atom stereocenters. The number of alkyl halides is 2. The van der Waals surface area contributed by atoms with Crippen molar-refractivity contribution < 1.29 is 33.4 Å². The number of likely N-dealkylation sites (tertiary alicyclic amines) is 1. The molecule has 1 saturated heterocycles. The average molecular weight is 647 g/mol. The van der Waals surface area contributed by atoms with Crippen molar-refractivity contribution in [3.63, 3.8) is 0 Å². The van der Waals surface area contributed by atoms with Crippen LogP contribution in [0.2, 0.25) is 0 Å². The molecule has 6 atom stereocenters. The number of fused-ring (bicyclic) bond motifs is 5. The summed E-state index contributed by atoms with van der Waals surface area (Å²) in [7, 11) is 0. The fourth-order valence-electron chi connectivity index (χ4n) is 5.70. The van der Waals surface area contributed by atoms with Crippen molar-refractivity contribution in [2.75, 3.05) is 13.2 Å². The number of ketones is 1. The second-order valence-corrected chi connectivity index (χ2v) is 12.1. The summed E-state index contributed by atoms with van der Waals surface area (Å²) in [6.45, 7) is 1.38. The van der Waals surface area contributed by atoms with Gasteiger partial charge in [-0.2, -0.15) is 0 Å². The van der Waals surface area contributed by atoms with E-state index >= 15 is 0 Å². The minimum absolute atomic E-state index is 0.0575. The molecular formula is C28H25Br2NO7. The Bertz CT molecular complexity index is 1260. The van der Waals surface area contributed by atoms with E-state index in [1.165, 1.54) is 29.2 Å². The first-order chi connectivity index (χ1) is 18.2. The van der Waals surface area contributed by atoms with E-state index in [2.05, 4.69) is 31.9 Å². The number of amides is 2. The molecule has 2 bridgehead atoms. The van der Waals surface area contributed by atoms with Crippen LogP contribution in [0.3, 0.4) is 0 Å². The number of hydrogen-bond donors (Lipinski definition) is 0. The third-order valence-corrected chi connectivity index (χ3v) is 10.9. The third kappa shape index (κ3) is 4.96. The van der Waals surface area contributed by atoms with Gasteiger partial charge in [-0.1, -0.05) is 49.6 Å². The predicted octanol–water partition coefficient (Wildman–Crippen LogP) is 4.11. The van der Waals surface area contributed by atoms with Crippen molar-refractivity contribution in [3.8, 4) is 5.75 Å². The molecule has 0 aromatic heterocycles. The minimum Gasteiger partial charge on any atom is -0.457 e. The SMILES string of the molecule is Cc1ccc(C(=O)Oc2ccc(C(=O)COC(=O)CCN3C(=O)C4C5CC(C(Br)C5Br)C4C3=O)cc2)cc1. The molecule has 2 aromatic carbocycles. The lowest BCUT2D eigenvalue weighted by atomic mass is 9.81. The van der Waals surface area contributed by atoms with Crippen LogP contribution < -0.4 is 4.74 Å². The molecule has 2 aromatic rings. The number of Topliss-reactive ketones (excluding diaryl/α,β-unsaturated/α-hetero) is 1. The molecule has 8 nitrogen and oxygen atoms in total. The first kappa shape index (κ1) is 26.7. The number of ether oxygens (including phenoxy) is 2. The second kappa shape index (κ2) is 10.7. The summed E-state index contributed by atoms with van der Waals surface area (Å²) in [5.74, 6) is -2.21. The molecule has 5 rings (SSSR count). The summed E-state index contributed by atoms with van der Waals surface area (Å²) in [4.78, 5) is 64.3. The van der Waals surface area contributed by atoms with E-state index in [1.54, 1.807) is 12.1 Å². The lowest BCUT2D eigenvalue weighted by Crippen LogP contribution is -2.37. The Hall–Kier alpha value is -2.85. The van der Waals surface area contributed by atoms with Gasteiger partial charge in [-0.05, 0) is 61.6 Å². The summed E-state index contributed by atoms with van der Waals surface area (Å²) >= 11 is 7.30. The predicted molar refractivity (Wildman–Crippen MR) is 143 cm³/mol. The number of aryl methyl sites for hydroxylation is 1. The van der Waals surface area contributed by atoms with Crippen molar-refractivity contribution in [2.24, 2.45) is 23.7 Å². The molecule has 1 heterocycles. The van der Waals surface area contributed by atoms with Crippen LogP contribution in [0.5, 0.6) is 5.75 Å². The Morgan fingerprint density at radius 2 is 1.42 bits per heavy atom. The van der Waals surface area contributed by atoms with Crippen molar-refractivity contribution in [2.45, 2.75) is 29.4 Å². The fourth-order valence-corrected chi connectivity index (χ4v) is 7.57. The van der Waals surface area contributed by atoms with Crippen molar-refractivity contribution in [1.29, 1.82) is 0 Å². The standard InChI is InChI=1S/C28H25Br2NO7/c1-14-2-4-16(5-3-14)28(36)38-17-8-6-15(7-9-17)20(32)13-37-21(33)10-11-31-26(34)22-18-12-19(23(22)27(31)35)25(30)24(18)29/h2-9,18-19,22-25H,10-13H2,1H3. The molecular weight excluding hydrogens is 622 g/mol. The summed E-state index contributed by atoms with van der Waals surface area (Å²) < 4.78 is 10.4. The molecule has 2 saturated carbocycles. The maximum absolute atomic E-state index is 12.9. The molecule has 38 heavy (non-hydrogen) atoms. The number of rotatable bonds is 8. The van der Waals surface area contributed by atoms with Gasteiger partial charge in [0, 0.05) is 21.8 Å². The Kier molecular flexibility index (Phi) is 7.55. The highest BCUT2D eigenvalue weighted by molar-refractivity contribution is 9.12. The smallest absolute Gasteiger partial charge is 0.343 e. The summed E-state index contributed by atoms with van der Waals surface area (Å²) in [6, 6.07) is 12.9. The maximum atomic E-state index is 12.9. The lowest BCUT2D eigenvalue weighted by Gasteiger charge is -2.28. The summed E-state index contributed by atoms with van der Waals surface area (Å²) in [5, 5.41) is 0. The van der Waals surface area contributed by atoms with E-state index in [0.29, 0.717) is 5.56 Å². The highest BCUT2D eigenvalue weighted by Crippen LogP contribution is 2.60. The van der Waals surface area contributed by atoms with E-state index in [-0.39, 0.29) is 69.4 Å². The normalized spacial score (nSPS) is 27.4. The molecule has 3 fully saturated rings. The number of benzene rings is 2. The van der Waals surface area contributed by atoms with Gasteiger partial charge in [0.25, 0.3) is 0 Å². The number of halogens is 2. The quantitative estimate of drug-likeness (QED) is 0.140. The van der Waals surface area contributed by atoms with E-state index in [1.807, 2.05) is 19.1 Å². The summed E-state index contributed by atoms with van der Waals surface area (Å²) in [6.07, 6.45) is 0.662. The van der Waals surface area contributed by atoms with Crippen LogP contribution in [0.25, 0.3) is 0 Å². The van der Waals surface area contributed by atoms with Gasteiger partial charge in [-0.3, -0.25) is 24.1 Å². The van der Waals surface area contributed by atoms with E-state index in [9.17, 15) is 24.0 Å². The van der Waals surface area contributed by atoms with Gasteiger partial charge < -0.3 is 9.47 Å². The molecule has 10 heteroatoms. The third-order valence-electron chi connectivity index (χ3n) is 7.66. The van der Waals surface area contributed by atoms with E-state index in [4.69, 9.17) is 9.47 Å².